The van der Waals surface area contributed by atoms with Gasteiger partial charge in [-0.25, -0.2) is 4.98 Å². The fourth-order valence-electron chi connectivity index (χ4n) is 2.37. The molecule has 22 heavy (non-hydrogen) atoms. The first kappa shape index (κ1) is 13.3. The molecule has 1 aromatic carbocycles. The van der Waals surface area contributed by atoms with Gasteiger partial charge in [-0.3, -0.25) is 4.79 Å². The van der Waals surface area contributed by atoms with Crippen LogP contribution in [-0.4, -0.2) is 27.7 Å². The van der Waals surface area contributed by atoms with Crippen molar-refractivity contribution in [3.63, 3.8) is 0 Å². The second-order valence-electron chi connectivity index (χ2n) is 5.32. The fraction of sp³-hybridized carbons (Fsp3) is 0.267. The van der Waals surface area contributed by atoms with E-state index in [0.717, 1.165) is 21.8 Å². The summed E-state index contributed by atoms with van der Waals surface area (Å²) in [6.45, 7) is 4.35. The van der Waals surface area contributed by atoms with E-state index in [0.29, 0.717) is 28.8 Å². The molecule has 3 heterocycles. The maximum atomic E-state index is 11.5. The number of imidazole rings is 1. The molecule has 0 atom stereocenters. The summed E-state index contributed by atoms with van der Waals surface area (Å²) in [6.07, 6.45) is 0.795. The molecule has 4 rings (SSSR count). The number of hydrogen-bond acceptors (Lipinski definition) is 6. The first-order chi connectivity index (χ1) is 10.7. The van der Waals surface area contributed by atoms with E-state index in [9.17, 15) is 4.79 Å². The molecule has 0 bridgehead atoms. The number of carbonyl (C=O) groups excluding carboxylic acids is 1. The highest BCUT2D eigenvalue weighted by Gasteiger charge is 2.21. The molecule has 0 N–H and O–H groups in total. The Morgan fingerprint density at radius 2 is 2.14 bits per heavy atom. The minimum Gasteiger partial charge on any atom is -0.454 e. The average Bonchev–Trinajstić information content (AvgIpc) is 3.19. The molecule has 0 saturated carbocycles. The normalized spacial score (nSPS) is 13.2. The van der Waals surface area contributed by atoms with Crippen LogP contribution >= 0.6 is 11.3 Å². The lowest BCUT2D eigenvalue weighted by Gasteiger charge is -2.01. The van der Waals surface area contributed by atoms with Crippen molar-refractivity contribution in [3.05, 3.63) is 28.9 Å². The van der Waals surface area contributed by atoms with Gasteiger partial charge in [-0.1, -0.05) is 25.2 Å². The zero-order valence-electron chi connectivity index (χ0n) is 12.1. The second-order valence-corrected chi connectivity index (χ2v) is 6.31. The van der Waals surface area contributed by atoms with Crippen molar-refractivity contribution in [2.75, 3.05) is 6.79 Å². The van der Waals surface area contributed by atoms with Crippen molar-refractivity contribution < 1.29 is 14.3 Å². The van der Waals surface area contributed by atoms with E-state index in [4.69, 9.17) is 9.47 Å². The van der Waals surface area contributed by atoms with Crippen molar-refractivity contribution in [1.29, 1.82) is 0 Å². The van der Waals surface area contributed by atoms with Crippen LogP contribution in [0, 0.1) is 0 Å². The second kappa shape index (κ2) is 4.81. The van der Waals surface area contributed by atoms with Crippen LogP contribution in [0.5, 0.6) is 11.5 Å². The summed E-state index contributed by atoms with van der Waals surface area (Å²) < 4.78 is 12.3. The Morgan fingerprint density at radius 3 is 2.91 bits per heavy atom. The lowest BCUT2D eigenvalue weighted by atomic mass is 10.1. The predicted octanol–water partition coefficient (Wildman–Crippen LogP) is 3.12. The summed E-state index contributed by atoms with van der Waals surface area (Å²) >= 11 is 1.50. The van der Waals surface area contributed by atoms with Gasteiger partial charge in [0.1, 0.15) is 16.4 Å². The Labute approximate surface area is 130 Å². The zero-order valence-corrected chi connectivity index (χ0v) is 12.9. The van der Waals surface area contributed by atoms with E-state index in [2.05, 4.69) is 23.9 Å². The number of benzene rings is 1. The van der Waals surface area contributed by atoms with Gasteiger partial charge in [-0.2, -0.15) is 9.61 Å². The Kier molecular flexibility index (Phi) is 2.90. The van der Waals surface area contributed by atoms with Crippen LogP contribution in [0.4, 0.5) is 0 Å². The van der Waals surface area contributed by atoms with Gasteiger partial charge in [0, 0.05) is 11.5 Å². The standard InChI is InChI=1S/C15H13N3O3S/c1-8(2)14-17-18-10(6-19)13(16-15(18)22-14)9-3-4-11-12(5-9)21-7-20-11/h3-6,8H,7H2,1-2H3. The maximum absolute atomic E-state index is 11.5. The molecule has 0 fully saturated rings. The van der Waals surface area contributed by atoms with Gasteiger partial charge in [-0.05, 0) is 18.2 Å². The largest absolute Gasteiger partial charge is 0.454 e. The molecule has 0 amide bonds. The van der Waals surface area contributed by atoms with Gasteiger partial charge in [0.25, 0.3) is 0 Å². The van der Waals surface area contributed by atoms with Crippen LogP contribution < -0.4 is 9.47 Å². The van der Waals surface area contributed by atoms with E-state index in [-0.39, 0.29) is 6.79 Å². The number of fused-ring (bicyclic) bond motifs is 2. The van der Waals surface area contributed by atoms with Gasteiger partial charge < -0.3 is 9.47 Å². The molecule has 2 aromatic heterocycles. The summed E-state index contributed by atoms with van der Waals surface area (Å²) in [4.78, 5) is 16.8. The van der Waals surface area contributed by atoms with E-state index >= 15 is 0 Å². The maximum Gasteiger partial charge on any atom is 0.231 e. The number of rotatable bonds is 3. The third-order valence-electron chi connectivity index (χ3n) is 3.51. The van der Waals surface area contributed by atoms with E-state index in [1.165, 1.54) is 11.3 Å². The Bertz CT molecular complexity index is 882. The average molecular weight is 315 g/mol. The topological polar surface area (TPSA) is 65.7 Å². The van der Waals surface area contributed by atoms with E-state index < -0.39 is 0 Å². The monoisotopic (exact) mass is 315 g/mol. The molecule has 0 aliphatic carbocycles. The molecule has 0 spiro atoms. The Hall–Kier alpha value is -2.41. The van der Waals surface area contributed by atoms with Crippen molar-refractivity contribution in [2.45, 2.75) is 19.8 Å². The van der Waals surface area contributed by atoms with Crippen molar-refractivity contribution >= 4 is 22.6 Å². The van der Waals surface area contributed by atoms with Gasteiger partial charge in [-0.15, -0.1) is 0 Å². The number of aldehydes is 1. The molecular formula is C15H13N3O3S. The van der Waals surface area contributed by atoms with Crippen LogP contribution in [-0.2, 0) is 0 Å². The number of aromatic nitrogens is 3. The lowest BCUT2D eigenvalue weighted by molar-refractivity contribution is 0.111. The number of hydrogen-bond donors (Lipinski definition) is 0. The van der Waals surface area contributed by atoms with Gasteiger partial charge >= 0.3 is 0 Å². The quantitative estimate of drug-likeness (QED) is 0.695. The minimum absolute atomic E-state index is 0.219. The molecule has 0 saturated heterocycles. The van der Waals surface area contributed by atoms with Crippen molar-refractivity contribution in [1.82, 2.24) is 14.6 Å². The number of ether oxygens (including phenoxy) is 2. The Balaban J connectivity index is 1.87. The number of nitrogens with zero attached hydrogens (tertiary/aromatic N) is 3. The third-order valence-corrected chi connectivity index (χ3v) is 4.71. The molecule has 1 aliphatic heterocycles. The molecule has 0 unspecified atom stereocenters. The van der Waals surface area contributed by atoms with E-state index in [1.54, 1.807) is 4.52 Å². The predicted molar refractivity (Wildman–Crippen MR) is 81.9 cm³/mol. The molecule has 1 aliphatic rings. The highest BCUT2D eigenvalue weighted by Crippen LogP contribution is 2.37. The van der Waals surface area contributed by atoms with Gasteiger partial charge in [0.15, 0.2) is 17.8 Å². The van der Waals surface area contributed by atoms with Crippen molar-refractivity contribution in [3.8, 4) is 22.8 Å². The Morgan fingerprint density at radius 1 is 1.32 bits per heavy atom. The lowest BCUT2D eigenvalue weighted by Crippen LogP contribution is -1.96. The molecule has 0 radical (unpaired) electrons. The minimum atomic E-state index is 0.219. The summed E-state index contributed by atoms with van der Waals surface area (Å²) in [5, 5.41) is 5.45. The first-order valence-electron chi connectivity index (χ1n) is 6.92. The summed E-state index contributed by atoms with van der Waals surface area (Å²) in [5.41, 5.74) is 1.88. The van der Waals surface area contributed by atoms with Crippen LogP contribution in [0.25, 0.3) is 16.2 Å². The highest BCUT2D eigenvalue weighted by molar-refractivity contribution is 7.16. The summed E-state index contributed by atoms with van der Waals surface area (Å²) in [7, 11) is 0. The molecule has 112 valence electrons. The molecule has 7 heteroatoms. The summed E-state index contributed by atoms with van der Waals surface area (Å²) in [5.74, 6) is 1.68. The SMILES string of the molecule is CC(C)c1nn2c(C=O)c(-c3ccc4c(c3)OCO4)nc2s1. The van der Waals surface area contributed by atoms with E-state index in [1.807, 2.05) is 18.2 Å². The van der Waals surface area contributed by atoms with Gasteiger partial charge in [0.05, 0.1) is 0 Å². The smallest absolute Gasteiger partial charge is 0.231 e. The van der Waals surface area contributed by atoms with Crippen LogP contribution in [0.2, 0.25) is 0 Å². The third kappa shape index (κ3) is 1.89. The number of carbonyl (C=O) groups is 1. The zero-order chi connectivity index (χ0) is 15.3. The molecule has 6 nitrogen and oxygen atoms in total. The molecule has 3 aromatic rings. The van der Waals surface area contributed by atoms with Crippen molar-refractivity contribution in [2.24, 2.45) is 0 Å². The van der Waals surface area contributed by atoms with Crippen LogP contribution in [0.3, 0.4) is 0 Å². The van der Waals surface area contributed by atoms with Gasteiger partial charge in [0.2, 0.25) is 11.8 Å². The molecular weight excluding hydrogens is 302 g/mol. The fourth-order valence-corrected chi connectivity index (χ4v) is 3.28. The van der Waals surface area contributed by atoms with Crippen LogP contribution in [0.15, 0.2) is 18.2 Å². The highest BCUT2D eigenvalue weighted by atomic mass is 32.1. The first-order valence-corrected chi connectivity index (χ1v) is 7.73. The summed E-state index contributed by atoms with van der Waals surface area (Å²) in [6, 6.07) is 5.54. The van der Waals surface area contributed by atoms with Crippen LogP contribution in [0.1, 0.15) is 35.3 Å².